The van der Waals surface area contributed by atoms with Gasteiger partial charge in [0.2, 0.25) is 0 Å². The van der Waals surface area contributed by atoms with Crippen molar-refractivity contribution in [1.29, 1.82) is 0 Å². The van der Waals surface area contributed by atoms with E-state index in [1.807, 2.05) is 0 Å². The standard InChI is InChI=1S/C17H15Cl2NO5/c1-8(21)14-15(9(2)22)17(24-16(14,3)23)7-12(20-25-17)13-10(18)5-4-6-11(13)19/h4-6,23H,7H2,1-3H3/t16-,17+/m1/s1. The minimum atomic E-state index is -1.97. The Kier molecular flexibility index (Phi) is 4.28. The summed E-state index contributed by atoms with van der Waals surface area (Å²) < 4.78 is 5.59. The molecule has 0 bridgehead atoms. The van der Waals surface area contributed by atoms with Crippen LogP contribution < -0.4 is 0 Å². The van der Waals surface area contributed by atoms with Gasteiger partial charge < -0.3 is 9.94 Å². The fraction of sp³-hybridized carbons (Fsp3) is 0.353. The molecule has 1 aromatic rings. The maximum absolute atomic E-state index is 12.2. The number of aliphatic hydroxyl groups is 1. The SMILES string of the molecule is CC(=O)C1=C(C(C)=O)[C@](C)(O)O[C@]12CC(c1c(Cl)cccc1Cl)=NO2. The molecule has 0 amide bonds. The van der Waals surface area contributed by atoms with Crippen molar-refractivity contribution in [1.82, 2.24) is 0 Å². The lowest BCUT2D eigenvalue weighted by molar-refractivity contribution is -0.281. The molecule has 2 aliphatic heterocycles. The van der Waals surface area contributed by atoms with Gasteiger partial charge in [-0.2, -0.15) is 0 Å². The summed E-state index contributed by atoms with van der Waals surface area (Å²) in [4.78, 5) is 29.6. The number of hydrogen-bond donors (Lipinski definition) is 1. The predicted molar refractivity (Wildman–Crippen MR) is 91.5 cm³/mol. The number of halogens is 2. The Hall–Kier alpha value is -1.73. The summed E-state index contributed by atoms with van der Waals surface area (Å²) in [5.41, 5.74) is 0.619. The summed E-state index contributed by atoms with van der Waals surface area (Å²) in [6.45, 7) is 3.80. The van der Waals surface area contributed by atoms with Crippen LogP contribution in [0.25, 0.3) is 0 Å². The molecule has 0 fully saturated rings. The van der Waals surface area contributed by atoms with E-state index in [1.54, 1.807) is 18.2 Å². The van der Waals surface area contributed by atoms with E-state index in [-0.39, 0.29) is 17.6 Å². The number of ether oxygens (including phenoxy) is 1. The van der Waals surface area contributed by atoms with Crippen LogP contribution in [0.1, 0.15) is 32.8 Å². The lowest BCUT2D eigenvalue weighted by Gasteiger charge is -2.26. The molecule has 3 rings (SSSR count). The van der Waals surface area contributed by atoms with Gasteiger partial charge in [0.25, 0.3) is 5.79 Å². The van der Waals surface area contributed by atoms with Crippen molar-refractivity contribution < 1.29 is 24.3 Å². The van der Waals surface area contributed by atoms with Crippen LogP contribution in [0.3, 0.4) is 0 Å². The highest BCUT2D eigenvalue weighted by molar-refractivity contribution is 6.40. The molecule has 25 heavy (non-hydrogen) atoms. The van der Waals surface area contributed by atoms with E-state index in [0.717, 1.165) is 0 Å². The van der Waals surface area contributed by atoms with Gasteiger partial charge >= 0.3 is 0 Å². The summed E-state index contributed by atoms with van der Waals surface area (Å²) in [5, 5.41) is 15.2. The smallest absolute Gasteiger partial charge is 0.275 e. The van der Waals surface area contributed by atoms with Crippen molar-refractivity contribution in [3.8, 4) is 0 Å². The number of rotatable bonds is 3. The van der Waals surface area contributed by atoms with E-state index in [0.29, 0.717) is 21.3 Å². The maximum atomic E-state index is 12.2. The molecule has 2 heterocycles. The van der Waals surface area contributed by atoms with Gasteiger partial charge in [-0.3, -0.25) is 14.3 Å². The Morgan fingerprint density at radius 1 is 1.16 bits per heavy atom. The quantitative estimate of drug-likeness (QED) is 0.866. The van der Waals surface area contributed by atoms with Crippen LogP contribution in [0.15, 0.2) is 34.5 Å². The van der Waals surface area contributed by atoms with E-state index in [2.05, 4.69) is 5.16 Å². The maximum Gasteiger partial charge on any atom is 0.275 e. The lowest BCUT2D eigenvalue weighted by Crippen LogP contribution is -2.39. The fourth-order valence-corrected chi connectivity index (χ4v) is 3.92. The topological polar surface area (TPSA) is 85.2 Å². The Labute approximate surface area is 154 Å². The zero-order chi connectivity index (χ0) is 18.6. The van der Waals surface area contributed by atoms with Gasteiger partial charge in [0.15, 0.2) is 17.4 Å². The van der Waals surface area contributed by atoms with Crippen molar-refractivity contribution in [3.63, 3.8) is 0 Å². The number of ketones is 2. The molecule has 0 saturated heterocycles. The number of Topliss-reactive ketones (excluding diaryl/α,β-unsaturated/α-hetero) is 2. The highest BCUT2D eigenvalue weighted by Crippen LogP contribution is 2.48. The Morgan fingerprint density at radius 3 is 2.24 bits per heavy atom. The molecule has 0 unspecified atom stereocenters. The molecule has 6 nitrogen and oxygen atoms in total. The Balaban J connectivity index is 2.09. The van der Waals surface area contributed by atoms with Crippen LogP contribution >= 0.6 is 23.2 Å². The average Bonchev–Trinajstić information content (AvgIpc) is 2.97. The number of hydrogen-bond acceptors (Lipinski definition) is 6. The van der Waals surface area contributed by atoms with Gasteiger partial charge in [-0.25, -0.2) is 0 Å². The average molecular weight is 384 g/mol. The molecular formula is C17H15Cl2NO5. The molecular weight excluding hydrogens is 369 g/mol. The Morgan fingerprint density at radius 2 is 1.72 bits per heavy atom. The van der Waals surface area contributed by atoms with Crippen molar-refractivity contribution >= 4 is 40.5 Å². The minimum absolute atomic E-state index is 0.0295. The van der Waals surface area contributed by atoms with Crippen LogP contribution in [0, 0.1) is 0 Å². The number of carbonyl (C=O) groups is 2. The van der Waals surface area contributed by atoms with E-state index in [1.165, 1.54) is 20.8 Å². The first-order valence-electron chi connectivity index (χ1n) is 7.48. The third-order valence-electron chi connectivity index (χ3n) is 4.12. The minimum Gasteiger partial charge on any atom is -0.362 e. The number of oxime groups is 1. The van der Waals surface area contributed by atoms with Crippen LogP contribution in [0.4, 0.5) is 0 Å². The number of carbonyl (C=O) groups excluding carboxylic acids is 2. The van der Waals surface area contributed by atoms with Crippen molar-refractivity contribution in [2.24, 2.45) is 5.16 Å². The second-order valence-electron chi connectivity index (χ2n) is 6.10. The molecule has 0 aliphatic carbocycles. The van der Waals surface area contributed by atoms with E-state index in [9.17, 15) is 14.7 Å². The molecule has 1 N–H and O–H groups in total. The van der Waals surface area contributed by atoms with Gasteiger partial charge in [-0.05, 0) is 32.9 Å². The summed E-state index contributed by atoms with van der Waals surface area (Å²) >= 11 is 12.4. The third kappa shape index (κ3) is 2.79. The molecule has 2 aliphatic rings. The van der Waals surface area contributed by atoms with Gasteiger partial charge in [0.1, 0.15) is 0 Å². The van der Waals surface area contributed by atoms with Gasteiger partial charge in [0, 0.05) is 5.56 Å². The normalized spacial score (nSPS) is 28.3. The van der Waals surface area contributed by atoms with Crippen LogP contribution in [0.5, 0.6) is 0 Å². The molecule has 0 saturated carbocycles. The fourth-order valence-electron chi connectivity index (χ4n) is 3.30. The Bertz CT molecular complexity index is 838. The van der Waals surface area contributed by atoms with Crippen LogP contribution in [-0.2, 0) is 19.2 Å². The first kappa shape index (κ1) is 18.1. The first-order chi connectivity index (χ1) is 11.6. The van der Waals surface area contributed by atoms with Gasteiger partial charge in [0.05, 0.1) is 33.3 Å². The van der Waals surface area contributed by atoms with Crippen molar-refractivity contribution in [2.75, 3.05) is 0 Å². The monoisotopic (exact) mass is 383 g/mol. The largest absolute Gasteiger partial charge is 0.362 e. The van der Waals surface area contributed by atoms with E-state index in [4.69, 9.17) is 32.8 Å². The van der Waals surface area contributed by atoms with Crippen LogP contribution in [-0.4, -0.2) is 34.0 Å². The predicted octanol–water partition coefficient (Wildman–Crippen LogP) is 3.03. The summed E-state index contributed by atoms with van der Waals surface area (Å²) in [6, 6.07) is 4.97. The van der Waals surface area contributed by atoms with Crippen molar-refractivity contribution in [2.45, 2.75) is 38.8 Å². The zero-order valence-corrected chi connectivity index (χ0v) is 15.2. The first-order valence-corrected chi connectivity index (χ1v) is 8.24. The molecule has 8 heteroatoms. The second kappa shape index (κ2) is 5.92. The van der Waals surface area contributed by atoms with E-state index < -0.39 is 23.1 Å². The number of nitrogens with zero attached hydrogens (tertiary/aromatic N) is 1. The zero-order valence-electron chi connectivity index (χ0n) is 13.7. The molecule has 1 spiro atoms. The molecule has 0 radical (unpaired) electrons. The molecule has 2 atom stereocenters. The highest BCUT2D eigenvalue weighted by Gasteiger charge is 2.60. The molecule has 132 valence electrons. The second-order valence-corrected chi connectivity index (χ2v) is 6.92. The van der Waals surface area contributed by atoms with Gasteiger partial charge in [-0.15, -0.1) is 0 Å². The molecule has 0 aromatic heterocycles. The summed E-state index contributed by atoms with van der Waals surface area (Å²) in [5.74, 6) is -4.60. The summed E-state index contributed by atoms with van der Waals surface area (Å²) in [7, 11) is 0. The lowest BCUT2D eigenvalue weighted by atomic mass is 9.90. The van der Waals surface area contributed by atoms with E-state index >= 15 is 0 Å². The van der Waals surface area contributed by atoms with Crippen LogP contribution in [0.2, 0.25) is 10.0 Å². The summed E-state index contributed by atoms with van der Waals surface area (Å²) in [6.07, 6.45) is -0.0295. The van der Waals surface area contributed by atoms with Crippen molar-refractivity contribution in [3.05, 3.63) is 45.0 Å². The number of benzene rings is 1. The highest BCUT2D eigenvalue weighted by atomic mass is 35.5. The third-order valence-corrected chi connectivity index (χ3v) is 4.75. The molecule has 1 aromatic carbocycles. The van der Waals surface area contributed by atoms with Gasteiger partial charge in [-0.1, -0.05) is 34.4 Å².